The highest BCUT2D eigenvalue weighted by Crippen LogP contribution is 1.43. The van der Waals surface area contributed by atoms with Crippen LogP contribution in [0, 0.1) is 0 Å². The number of hydrogen-bond donors (Lipinski definition) is 0. The molecular formula is C3H4O2S. The van der Waals surface area contributed by atoms with Gasteiger partial charge in [-0.15, -0.1) is 0 Å². The summed E-state index contributed by atoms with van der Waals surface area (Å²) in [5.41, 5.74) is 0. The molecule has 0 bridgehead atoms. The third-order valence-corrected chi connectivity index (χ3v) is 0.622. The van der Waals surface area contributed by atoms with E-state index in [0.717, 1.165) is 5.37 Å². The third kappa shape index (κ3) is 3.43. The van der Waals surface area contributed by atoms with Crippen LogP contribution in [0.15, 0.2) is 12.7 Å². The lowest BCUT2D eigenvalue weighted by molar-refractivity contribution is 0.627. The highest BCUT2D eigenvalue weighted by molar-refractivity contribution is 7.71. The monoisotopic (exact) mass is 104 g/mol. The summed E-state index contributed by atoms with van der Waals surface area (Å²) in [4.78, 5) is 0. The molecule has 3 heteroatoms. The Kier molecular flexibility index (Phi) is 2.40. The lowest BCUT2D eigenvalue weighted by Gasteiger charge is -1.46. The van der Waals surface area contributed by atoms with Gasteiger partial charge in [0.05, 0.1) is 5.37 Å². The zero-order chi connectivity index (χ0) is 4.99. The zero-order valence-electron chi connectivity index (χ0n) is 3.09. The van der Waals surface area contributed by atoms with Gasteiger partial charge in [0.1, 0.15) is 0 Å². The summed E-state index contributed by atoms with van der Waals surface area (Å²) in [6.07, 6.45) is 1.21. The summed E-state index contributed by atoms with van der Waals surface area (Å²) in [5, 5.41) is 0.972. The first-order valence-corrected chi connectivity index (χ1v) is 2.45. The van der Waals surface area contributed by atoms with E-state index in [-0.39, 0.29) is 0 Å². The van der Waals surface area contributed by atoms with Gasteiger partial charge in [0, 0.05) is 0 Å². The van der Waals surface area contributed by atoms with Crippen LogP contribution >= 0.6 is 0 Å². The van der Waals surface area contributed by atoms with Gasteiger partial charge in [-0.2, -0.15) is 8.42 Å². The summed E-state index contributed by atoms with van der Waals surface area (Å²) in [6, 6.07) is 0. The van der Waals surface area contributed by atoms with Crippen LogP contribution in [0.2, 0.25) is 0 Å². The average Bonchev–Trinajstić information content (AvgIpc) is 1.35. The number of rotatable bonds is 1. The van der Waals surface area contributed by atoms with Crippen LogP contribution in [0.4, 0.5) is 0 Å². The van der Waals surface area contributed by atoms with E-state index in [1.54, 1.807) is 0 Å². The van der Waals surface area contributed by atoms with E-state index < -0.39 is 10.3 Å². The van der Waals surface area contributed by atoms with E-state index in [4.69, 9.17) is 0 Å². The van der Waals surface area contributed by atoms with E-state index in [1.165, 1.54) is 6.08 Å². The molecule has 2 nitrogen and oxygen atoms in total. The van der Waals surface area contributed by atoms with Crippen LogP contribution in [-0.4, -0.2) is 13.8 Å². The average molecular weight is 104 g/mol. The van der Waals surface area contributed by atoms with Crippen LogP contribution in [0.3, 0.4) is 0 Å². The molecule has 0 atom stereocenters. The van der Waals surface area contributed by atoms with E-state index in [1.807, 2.05) is 0 Å². The molecule has 0 aromatic heterocycles. The van der Waals surface area contributed by atoms with Crippen molar-refractivity contribution in [3.05, 3.63) is 12.7 Å². The second-order valence-electron chi connectivity index (χ2n) is 0.632. The van der Waals surface area contributed by atoms with E-state index in [2.05, 4.69) is 6.58 Å². The van der Waals surface area contributed by atoms with Crippen molar-refractivity contribution in [3.8, 4) is 0 Å². The lowest BCUT2D eigenvalue weighted by atomic mass is 10.8. The van der Waals surface area contributed by atoms with Gasteiger partial charge in [0.2, 0.25) is 10.3 Å². The molecule has 0 saturated carbocycles. The Hall–Kier alpha value is -0.570. The molecule has 0 aliphatic rings. The molecule has 6 heavy (non-hydrogen) atoms. The minimum absolute atomic E-state index is 0.972. The van der Waals surface area contributed by atoms with Crippen LogP contribution in [0.25, 0.3) is 0 Å². The smallest absolute Gasteiger partial charge is 0.185 e. The molecule has 0 aromatic rings. The van der Waals surface area contributed by atoms with Gasteiger partial charge in [0.15, 0.2) is 0 Å². The molecule has 0 aliphatic carbocycles. The third-order valence-electron chi connectivity index (χ3n) is 0.207. The predicted molar refractivity (Wildman–Crippen MR) is 25.2 cm³/mol. The fraction of sp³-hybridized carbons (Fsp3) is 0. The molecular weight excluding hydrogens is 100 g/mol. The summed E-state index contributed by atoms with van der Waals surface area (Å²) < 4.78 is 18.9. The minimum Gasteiger partial charge on any atom is -0.185 e. The Balaban J connectivity index is 4.17. The van der Waals surface area contributed by atoms with E-state index in [0.29, 0.717) is 0 Å². The Labute approximate surface area is 37.6 Å². The number of allylic oxidation sites excluding steroid dienone is 1. The van der Waals surface area contributed by atoms with Gasteiger partial charge in [0.25, 0.3) is 0 Å². The first-order valence-electron chi connectivity index (χ1n) is 1.31. The molecule has 0 amide bonds. The lowest BCUT2D eigenvalue weighted by Crippen LogP contribution is -1.59. The summed E-state index contributed by atoms with van der Waals surface area (Å²) in [6.45, 7) is 3.15. The zero-order valence-corrected chi connectivity index (χ0v) is 3.90. The maximum atomic E-state index is 9.47. The highest BCUT2D eigenvalue weighted by Gasteiger charge is 1.53. The van der Waals surface area contributed by atoms with Crippen molar-refractivity contribution < 1.29 is 8.42 Å². The normalized spacial score (nSPS) is 6.67. The standard InChI is InChI=1S/C3H4O2S/c1-2-3-6(4)5/h2-3H,1H2. The molecule has 0 aliphatic heterocycles. The van der Waals surface area contributed by atoms with Gasteiger partial charge in [-0.05, 0) is 0 Å². The van der Waals surface area contributed by atoms with Gasteiger partial charge < -0.3 is 0 Å². The molecule has 0 spiro atoms. The van der Waals surface area contributed by atoms with Gasteiger partial charge in [-0.1, -0.05) is 12.7 Å². The molecule has 0 rings (SSSR count). The first kappa shape index (κ1) is 5.43. The Morgan fingerprint density at radius 3 is 2.00 bits per heavy atom. The molecule has 0 aromatic carbocycles. The van der Waals surface area contributed by atoms with Gasteiger partial charge >= 0.3 is 0 Å². The second-order valence-corrected chi connectivity index (χ2v) is 1.43. The highest BCUT2D eigenvalue weighted by atomic mass is 32.2. The molecule has 0 fully saturated rings. The Bertz CT molecular complexity index is 144. The van der Waals surface area contributed by atoms with Crippen molar-refractivity contribution in [3.63, 3.8) is 0 Å². The maximum absolute atomic E-state index is 9.47. The van der Waals surface area contributed by atoms with Gasteiger partial charge in [-0.3, -0.25) is 0 Å². The molecule has 34 valence electrons. The number of hydrogen-bond acceptors (Lipinski definition) is 2. The van der Waals surface area contributed by atoms with Crippen molar-refractivity contribution >= 4 is 15.7 Å². The van der Waals surface area contributed by atoms with Gasteiger partial charge in [-0.25, -0.2) is 0 Å². The van der Waals surface area contributed by atoms with Crippen LogP contribution < -0.4 is 0 Å². The summed E-state index contributed by atoms with van der Waals surface area (Å²) >= 11 is 0. The van der Waals surface area contributed by atoms with E-state index in [9.17, 15) is 8.42 Å². The quantitative estimate of drug-likeness (QED) is 0.342. The Morgan fingerprint density at radius 1 is 1.50 bits per heavy atom. The van der Waals surface area contributed by atoms with E-state index >= 15 is 0 Å². The molecule has 0 unspecified atom stereocenters. The largest absolute Gasteiger partial charge is 0.214 e. The SMILES string of the molecule is C=CC=S(=O)=O. The van der Waals surface area contributed by atoms with Crippen molar-refractivity contribution in [2.24, 2.45) is 0 Å². The summed E-state index contributed by atoms with van der Waals surface area (Å²) in [5.74, 6) is 0. The second kappa shape index (κ2) is 2.66. The van der Waals surface area contributed by atoms with Crippen molar-refractivity contribution in [1.29, 1.82) is 0 Å². The van der Waals surface area contributed by atoms with Crippen molar-refractivity contribution in [1.82, 2.24) is 0 Å². The minimum atomic E-state index is -2.06. The van der Waals surface area contributed by atoms with Crippen LogP contribution in [-0.2, 0) is 10.3 Å². The molecule has 0 radical (unpaired) electrons. The van der Waals surface area contributed by atoms with Crippen molar-refractivity contribution in [2.45, 2.75) is 0 Å². The molecule has 0 heterocycles. The summed E-state index contributed by atoms with van der Waals surface area (Å²) in [7, 11) is -2.06. The van der Waals surface area contributed by atoms with Crippen molar-refractivity contribution in [2.75, 3.05) is 0 Å². The topological polar surface area (TPSA) is 34.1 Å². The predicted octanol–water partition coefficient (Wildman–Crippen LogP) is -0.146. The molecule has 0 saturated heterocycles. The molecule has 0 N–H and O–H groups in total. The fourth-order valence-corrected chi connectivity index (χ4v) is 0.236. The first-order chi connectivity index (χ1) is 2.77. The van der Waals surface area contributed by atoms with Crippen LogP contribution in [0.5, 0.6) is 0 Å². The van der Waals surface area contributed by atoms with Crippen LogP contribution in [0.1, 0.15) is 0 Å². The Morgan fingerprint density at radius 2 is 2.00 bits per heavy atom. The maximum Gasteiger partial charge on any atom is 0.214 e. The fourth-order valence-electron chi connectivity index (χ4n) is 0.0786.